The van der Waals surface area contributed by atoms with E-state index < -0.39 is 0 Å². The van der Waals surface area contributed by atoms with Gasteiger partial charge in [-0.2, -0.15) is 0 Å². The van der Waals surface area contributed by atoms with Gasteiger partial charge < -0.3 is 19.9 Å². The van der Waals surface area contributed by atoms with Crippen molar-refractivity contribution in [3.63, 3.8) is 0 Å². The summed E-state index contributed by atoms with van der Waals surface area (Å²) < 4.78 is 5.61. The van der Waals surface area contributed by atoms with Crippen LogP contribution in [0.4, 0.5) is 0 Å². The molecule has 134 valence electrons. The summed E-state index contributed by atoms with van der Waals surface area (Å²) >= 11 is 11.7. The van der Waals surface area contributed by atoms with Crippen LogP contribution in [0.25, 0.3) is 0 Å². The first kappa shape index (κ1) is 18.2. The second-order valence-electron chi connectivity index (χ2n) is 6.41. The molecule has 0 bridgehead atoms. The van der Waals surface area contributed by atoms with Crippen molar-refractivity contribution < 1.29 is 9.53 Å². The highest BCUT2D eigenvalue weighted by Gasteiger charge is 2.29. The number of hydrogen-bond donors (Lipinski definition) is 1. The Morgan fingerprint density at radius 2 is 2.20 bits per heavy atom. The van der Waals surface area contributed by atoms with Crippen LogP contribution in [0.1, 0.15) is 23.1 Å². The molecule has 2 aliphatic heterocycles. The maximum Gasteiger partial charge on any atom is 0.246 e. The van der Waals surface area contributed by atoms with Crippen LogP contribution in [0.3, 0.4) is 0 Å². The minimum absolute atomic E-state index is 0.0840. The van der Waals surface area contributed by atoms with Crippen LogP contribution in [0.15, 0.2) is 30.9 Å². The molecule has 1 N–H and O–H groups in total. The molecule has 2 heterocycles. The molecule has 25 heavy (non-hydrogen) atoms. The predicted octanol–water partition coefficient (Wildman–Crippen LogP) is 2.33. The highest BCUT2D eigenvalue weighted by molar-refractivity contribution is 7.80. The fourth-order valence-electron chi connectivity index (χ4n) is 3.37. The Labute approximate surface area is 158 Å². The van der Waals surface area contributed by atoms with Gasteiger partial charge in [-0.05, 0) is 41.6 Å². The van der Waals surface area contributed by atoms with Crippen molar-refractivity contribution >= 4 is 34.8 Å². The van der Waals surface area contributed by atoms with Gasteiger partial charge in [0.1, 0.15) is 0 Å². The fraction of sp³-hybridized carbons (Fsp3) is 0.444. The van der Waals surface area contributed by atoms with Crippen molar-refractivity contribution in [1.29, 1.82) is 0 Å². The molecule has 0 saturated carbocycles. The number of carbonyl (C=O) groups is 1. The molecule has 2 saturated heterocycles. The lowest BCUT2D eigenvalue weighted by Gasteiger charge is -2.36. The highest BCUT2D eigenvalue weighted by Crippen LogP contribution is 2.31. The molecule has 2 aliphatic rings. The van der Waals surface area contributed by atoms with E-state index in [9.17, 15) is 4.79 Å². The lowest BCUT2D eigenvalue weighted by Crippen LogP contribution is -2.48. The van der Waals surface area contributed by atoms with Gasteiger partial charge in [0.15, 0.2) is 5.11 Å². The Bertz CT molecular complexity index is 697. The van der Waals surface area contributed by atoms with E-state index >= 15 is 0 Å². The van der Waals surface area contributed by atoms with Gasteiger partial charge in [0.05, 0.1) is 19.3 Å². The van der Waals surface area contributed by atoms with Gasteiger partial charge in [-0.25, -0.2) is 0 Å². The van der Waals surface area contributed by atoms with Crippen molar-refractivity contribution in [3.05, 3.63) is 47.0 Å². The molecular formula is C18H22ClN3O2S. The van der Waals surface area contributed by atoms with Crippen LogP contribution in [-0.2, 0) is 9.53 Å². The summed E-state index contributed by atoms with van der Waals surface area (Å²) in [5.74, 6) is 0.196. The van der Waals surface area contributed by atoms with Crippen molar-refractivity contribution in [2.45, 2.75) is 12.0 Å². The van der Waals surface area contributed by atoms with Gasteiger partial charge in [-0.1, -0.05) is 24.2 Å². The summed E-state index contributed by atoms with van der Waals surface area (Å²) in [6.45, 7) is 6.78. The average Bonchev–Trinajstić information content (AvgIpc) is 2.62. The molecule has 2 atom stereocenters. The minimum Gasteiger partial charge on any atom is -0.377 e. The number of morpholine rings is 1. The van der Waals surface area contributed by atoms with Crippen LogP contribution in [0, 0.1) is 0 Å². The maximum absolute atomic E-state index is 12.2. The molecule has 0 unspecified atom stereocenters. The molecule has 7 heteroatoms. The number of halogens is 1. The van der Waals surface area contributed by atoms with E-state index in [1.807, 2.05) is 24.1 Å². The van der Waals surface area contributed by atoms with E-state index in [2.05, 4.69) is 18.0 Å². The summed E-state index contributed by atoms with van der Waals surface area (Å²) in [7, 11) is 1.98. The monoisotopic (exact) mass is 379 g/mol. The standard InChI is InChI=1S/C18H22ClN3O2S/c1-3-17(23)22-4-5-24-11-16(22)13-6-12(7-15(19)8-13)14-9-20-18(25)21(2)10-14/h3,6-8,14,16H,1,4-5,9-11H2,2H3,(H,20,25)/t14-,16-/m0/s1. The number of nitrogens with one attached hydrogen (secondary N) is 1. The molecular weight excluding hydrogens is 358 g/mol. The largest absolute Gasteiger partial charge is 0.377 e. The summed E-state index contributed by atoms with van der Waals surface area (Å²) in [6, 6.07) is 5.89. The lowest BCUT2D eigenvalue weighted by atomic mass is 9.93. The fourth-order valence-corrected chi connectivity index (χ4v) is 3.78. The van der Waals surface area contributed by atoms with Crippen molar-refractivity contribution in [3.8, 4) is 0 Å². The van der Waals surface area contributed by atoms with Crippen LogP contribution >= 0.6 is 23.8 Å². The Morgan fingerprint density at radius 1 is 1.44 bits per heavy atom. The van der Waals surface area contributed by atoms with Crippen molar-refractivity contribution in [1.82, 2.24) is 15.1 Å². The van der Waals surface area contributed by atoms with Crippen molar-refractivity contribution in [2.75, 3.05) is 39.9 Å². The van der Waals surface area contributed by atoms with Crippen LogP contribution in [-0.4, -0.2) is 60.7 Å². The second kappa shape index (κ2) is 7.72. The zero-order chi connectivity index (χ0) is 18.0. The number of amides is 1. The van der Waals surface area contributed by atoms with Crippen LogP contribution < -0.4 is 5.32 Å². The number of benzene rings is 1. The zero-order valence-electron chi connectivity index (χ0n) is 14.2. The quantitative estimate of drug-likeness (QED) is 0.645. The van der Waals surface area contributed by atoms with E-state index in [0.717, 1.165) is 29.3 Å². The number of ether oxygens (including phenoxy) is 1. The SMILES string of the molecule is C=CC(=O)N1CCOC[C@H]1c1cc(Cl)cc([C@H]2CNC(=S)N(C)C2)c1. The third kappa shape index (κ3) is 3.97. The van der Waals surface area contributed by atoms with Gasteiger partial charge in [0.2, 0.25) is 5.91 Å². The third-order valence-corrected chi connectivity index (χ3v) is 5.40. The number of thiocarbonyl (C=S) groups is 1. The second-order valence-corrected chi connectivity index (χ2v) is 7.23. The summed E-state index contributed by atoms with van der Waals surface area (Å²) in [6.07, 6.45) is 1.35. The maximum atomic E-state index is 12.2. The van der Waals surface area contributed by atoms with E-state index in [1.165, 1.54) is 6.08 Å². The minimum atomic E-state index is -0.146. The number of hydrogen-bond acceptors (Lipinski definition) is 3. The number of carbonyl (C=O) groups excluding carboxylic acids is 1. The highest BCUT2D eigenvalue weighted by atomic mass is 35.5. The molecule has 1 aromatic rings. The molecule has 0 aromatic heterocycles. The first-order chi connectivity index (χ1) is 12.0. The third-order valence-electron chi connectivity index (χ3n) is 4.73. The van der Waals surface area contributed by atoms with Crippen LogP contribution in [0.2, 0.25) is 5.02 Å². The summed E-state index contributed by atoms with van der Waals surface area (Å²) in [4.78, 5) is 16.0. The van der Waals surface area contributed by atoms with Gasteiger partial charge in [-0.3, -0.25) is 4.79 Å². The Balaban J connectivity index is 1.89. The van der Waals surface area contributed by atoms with Gasteiger partial charge >= 0.3 is 0 Å². The number of nitrogens with zero attached hydrogens (tertiary/aromatic N) is 2. The molecule has 1 aromatic carbocycles. The zero-order valence-corrected chi connectivity index (χ0v) is 15.8. The summed E-state index contributed by atoms with van der Waals surface area (Å²) in [5.41, 5.74) is 2.13. The Morgan fingerprint density at radius 3 is 2.92 bits per heavy atom. The average molecular weight is 380 g/mol. The van der Waals surface area contributed by atoms with Gasteiger partial charge in [-0.15, -0.1) is 0 Å². The topological polar surface area (TPSA) is 44.8 Å². The van der Waals surface area contributed by atoms with Crippen LogP contribution in [0.5, 0.6) is 0 Å². The first-order valence-electron chi connectivity index (χ1n) is 8.29. The Hall–Kier alpha value is -1.63. The molecule has 1 amide bonds. The molecule has 0 radical (unpaired) electrons. The van der Waals surface area contributed by atoms with E-state index in [-0.39, 0.29) is 17.9 Å². The smallest absolute Gasteiger partial charge is 0.246 e. The van der Waals surface area contributed by atoms with E-state index in [1.54, 1.807) is 4.90 Å². The first-order valence-corrected chi connectivity index (χ1v) is 9.08. The molecule has 0 spiro atoms. The number of likely N-dealkylation sites (N-methyl/N-ethyl adjacent to an activating group) is 1. The lowest BCUT2D eigenvalue weighted by molar-refractivity contribution is -0.134. The number of rotatable bonds is 3. The predicted molar refractivity (Wildman–Crippen MR) is 103 cm³/mol. The van der Waals surface area contributed by atoms with Gasteiger partial charge in [0, 0.05) is 37.6 Å². The van der Waals surface area contributed by atoms with Crippen molar-refractivity contribution in [2.24, 2.45) is 0 Å². The van der Waals surface area contributed by atoms with E-state index in [0.29, 0.717) is 24.8 Å². The van der Waals surface area contributed by atoms with Gasteiger partial charge in [0.25, 0.3) is 0 Å². The Kier molecular flexibility index (Phi) is 5.61. The molecule has 0 aliphatic carbocycles. The van der Waals surface area contributed by atoms with E-state index in [4.69, 9.17) is 28.6 Å². The molecule has 2 fully saturated rings. The normalized spacial score (nSPS) is 24.0. The molecule has 5 nitrogen and oxygen atoms in total. The molecule has 3 rings (SSSR count). The summed E-state index contributed by atoms with van der Waals surface area (Å²) in [5, 5.41) is 4.68.